The monoisotopic (exact) mass is 511 g/mol. The summed E-state index contributed by atoms with van der Waals surface area (Å²) < 4.78 is 0. The number of hydrogen-bond donors (Lipinski definition) is 0. The first-order valence-corrected chi connectivity index (χ1v) is 14.0. The summed E-state index contributed by atoms with van der Waals surface area (Å²) in [6.07, 6.45) is 13.3. The van der Waals surface area contributed by atoms with Gasteiger partial charge in [-0.15, -0.1) is 0 Å². The summed E-state index contributed by atoms with van der Waals surface area (Å²) in [6.45, 7) is 33.7. The fraction of sp³-hybridized carbons (Fsp3) is 1.00. The Hall–Kier alpha value is 0. The van der Waals surface area contributed by atoms with Crippen LogP contribution in [0.1, 0.15) is 205 Å². The molecule has 0 aliphatic rings. The highest BCUT2D eigenvalue weighted by Crippen LogP contribution is 2.04. The van der Waals surface area contributed by atoms with Crippen molar-refractivity contribution in [3.63, 3.8) is 0 Å². The molecule has 0 spiro atoms. The largest absolute Gasteiger partial charge is 0.0776 e. The minimum atomic E-state index is 0. The molecule has 230 valence electrons. The van der Waals surface area contributed by atoms with Crippen molar-refractivity contribution >= 4 is 0 Å². The Morgan fingerprint density at radius 1 is 0.229 bits per heavy atom. The van der Waals surface area contributed by atoms with E-state index in [-0.39, 0.29) is 37.1 Å². The van der Waals surface area contributed by atoms with Gasteiger partial charge in [0.05, 0.1) is 0 Å². The molecule has 0 rings (SSSR count). The maximum Gasteiger partial charge on any atom is -0.0448 e. The van der Waals surface area contributed by atoms with Gasteiger partial charge in [-0.05, 0) is 29.6 Å². The van der Waals surface area contributed by atoms with Crippen molar-refractivity contribution in [2.45, 2.75) is 205 Å². The molecule has 0 saturated carbocycles. The predicted octanol–water partition coefficient (Wildman–Crippen LogP) is 15.4. The lowest BCUT2D eigenvalue weighted by molar-refractivity contribution is 0.544. The summed E-state index contributed by atoms with van der Waals surface area (Å²) in [5.41, 5.74) is 0. The zero-order valence-electron chi connectivity index (χ0n) is 25.0. The van der Waals surface area contributed by atoms with Crippen LogP contribution in [0.25, 0.3) is 0 Å². The zero-order chi connectivity index (χ0) is 25.0. The van der Waals surface area contributed by atoms with Crippen LogP contribution in [0.4, 0.5) is 0 Å². The van der Waals surface area contributed by atoms with Crippen LogP contribution in [0.5, 0.6) is 0 Å². The molecule has 35 heavy (non-hydrogen) atoms. The Kier molecular flexibility index (Phi) is 110. The van der Waals surface area contributed by atoms with Crippen molar-refractivity contribution in [1.82, 2.24) is 0 Å². The van der Waals surface area contributed by atoms with Crippen LogP contribution in [0.2, 0.25) is 0 Å². The summed E-state index contributed by atoms with van der Waals surface area (Å²) in [4.78, 5) is 0. The van der Waals surface area contributed by atoms with Gasteiger partial charge in [-0.1, -0.05) is 205 Å². The molecule has 0 radical (unpaired) electrons. The van der Waals surface area contributed by atoms with Gasteiger partial charge in [-0.25, -0.2) is 0 Å². The summed E-state index contributed by atoms with van der Waals surface area (Å²) in [5, 5.41) is 0. The molecule has 0 heterocycles. The third-order valence-electron chi connectivity index (χ3n) is 6.97. The molecule has 0 aromatic carbocycles. The van der Waals surface area contributed by atoms with Crippen LogP contribution < -0.4 is 0 Å². The molecule has 0 unspecified atom stereocenters. The quantitative estimate of drug-likeness (QED) is 0.274. The zero-order valence-corrected chi connectivity index (χ0v) is 25.0. The Labute approximate surface area is 234 Å². The molecular weight excluding hydrogens is 420 g/mol. The first-order valence-electron chi connectivity index (χ1n) is 14.0. The Balaban J connectivity index is -0.0000000269. The van der Waals surface area contributed by atoms with E-state index in [0.717, 1.165) is 29.6 Å². The minimum absolute atomic E-state index is 0. The van der Waals surface area contributed by atoms with Crippen LogP contribution >= 0.6 is 0 Å². The summed E-state index contributed by atoms with van der Waals surface area (Å²) in [5.74, 6) is 4.68. The van der Waals surface area contributed by atoms with E-state index < -0.39 is 0 Å². The number of rotatable bonds is 10. The Morgan fingerprint density at radius 3 is 0.286 bits per heavy atom. The van der Waals surface area contributed by atoms with Gasteiger partial charge in [0.25, 0.3) is 0 Å². The first kappa shape index (κ1) is 64.7. The van der Waals surface area contributed by atoms with Gasteiger partial charge in [-0.2, -0.15) is 0 Å². The average molecular weight is 511 g/mol. The second kappa shape index (κ2) is 59.2. The molecule has 0 saturated heterocycles. The van der Waals surface area contributed by atoms with E-state index in [1.807, 2.05) is 0 Å². The van der Waals surface area contributed by atoms with Gasteiger partial charge in [0.2, 0.25) is 0 Å². The molecular formula is C35H90. The number of hydrogen-bond acceptors (Lipinski definition) is 0. The highest BCUT2D eigenvalue weighted by molar-refractivity contribution is 4.43. The van der Waals surface area contributed by atoms with Crippen LogP contribution in [0.3, 0.4) is 0 Å². The smallest absolute Gasteiger partial charge is 0.0448 e. The second-order valence-electron chi connectivity index (χ2n) is 9.61. The van der Waals surface area contributed by atoms with E-state index in [0.29, 0.717) is 0 Å². The lowest BCUT2D eigenvalue weighted by Gasteiger charge is -1.98. The summed E-state index contributed by atoms with van der Waals surface area (Å²) in [6, 6.07) is 0. The molecule has 0 fully saturated rings. The van der Waals surface area contributed by atoms with E-state index in [2.05, 4.69) is 104 Å². The standard InChI is InChI=1S/5C6H14.5CH4/c5*1-4-6(3)5-2;;;;;/h5*6H,4-5H2,1-3H3;5*1H4. The summed E-state index contributed by atoms with van der Waals surface area (Å²) in [7, 11) is 0. The third-order valence-corrected chi connectivity index (χ3v) is 6.97. The van der Waals surface area contributed by atoms with E-state index in [1.165, 1.54) is 64.2 Å². The highest BCUT2D eigenvalue weighted by atomic mass is 14.0. The van der Waals surface area contributed by atoms with Gasteiger partial charge < -0.3 is 0 Å². The van der Waals surface area contributed by atoms with Crippen LogP contribution in [0.15, 0.2) is 0 Å². The molecule has 0 atom stereocenters. The molecule has 0 aliphatic heterocycles. The van der Waals surface area contributed by atoms with Gasteiger partial charge in [0, 0.05) is 0 Å². The molecule has 0 N–H and O–H groups in total. The Bertz CT molecular complexity index is 154. The fourth-order valence-electron chi connectivity index (χ4n) is 1.44. The van der Waals surface area contributed by atoms with Crippen molar-refractivity contribution in [1.29, 1.82) is 0 Å². The van der Waals surface area contributed by atoms with Gasteiger partial charge in [0.15, 0.2) is 0 Å². The second-order valence-corrected chi connectivity index (χ2v) is 9.61. The lowest BCUT2D eigenvalue weighted by atomic mass is 10.1. The third kappa shape index (κ3) is 87.0. The Morgan fingerprint density at radius 2 is 0.286 bits per heavy atom. The summed E-state index contributed by atoms with van der Waals surface area (Å²) >= 11 is 0. The van der Waals surface area contributed by atoms with Crippen molar-refractivity contribution in [3.05, 3.63) is 0 Å². The molecule has 0 amide bonds. The topological polar surface area (TPSA) is 0 Å². The predicted molar refractivity (Wildman–Crippen MR) is 182 cm³/mol. The van der Waals surface area contributed by atoms with Crippen molar-refractivity contribution in [3.8, 4) is 0 Å². The van der Waals surface area contributed by atoms with Gasteiger partial charge in [-0.3, -0.25) is 0 Å². The van der Waals surface area contributed by atoms with Crippen LogP contribution in [-0.2, 0) is 0 Å². The van der Waals surface area contributed by atoms with E-state index >= 15 is 0 Å². The highest BCUT2D eigenvalue weighted by Gasteiger charge is 1.90. The van der Waals surface area contributed by atoms with Gasteiger partial charge in [0.1, 0.15) is 0 Å². The molecule has 0 nitrogen and oxygen atoms in total. The molecule has 0 heteroatoms. The molecule has 0 aromatic heterocycles. The maximum absolute atomic E-state index is 2.28. The van der Waals surface area contributed by atoms with Crippen molar-refractivity contribution in [2.75, 3.05) is 0 Å². The average Bonchev–Trinajstić information content (AvgIpc) is 2.82. The van der Waals surface area contributed by atoms with Crippen LogP contribution in [0, 0.1) is 29.6 Å². The van der Waals surface area contributed by atoms with Gasteiger partial charge >= 0.3 is 0 Å². The van der Waals surface area contributed by atoms with E-state index in [1.54, 1.807) is 0 Å². The fourth-order valence-corrected chi connectivity index (χ4v) is 1.44. The normalized spacial score (nSPS) is 8.57. The van der Waals surface area contributed by atoms with E-state index in [9.17, 15) is 0 Å². The minimum Gasteiger partial charge on any atom is -0.0776 e. The van der Waals surface area contributed by atoms with Crippen molar-refractivity contribution in [2.24, 2.45) is 29.6 Å². The molecule has 0 bridgehead atoms. The van der Waals surface area contributed by atoms with E-state index in [4.69, 9.17) is 0 Å². The first-order chi connectivity index (χ1) is 14.0. The molecule has 0 aliphatic carbocycles. The van der Waals surface area contributed by atoms with Crippen molar-refractivity contribution < 1.29 is 0 Å². The SMILES string of the molecule is C.C.C.C.C.CCC(C)CC.CCC(C)CC.CCC(C)CC.CCC(C)CC.CCC(C)CC. The van der Waals surface area contributed by atoms with Crippen LogP contribution in [-0.4, -0.2) is 0 Å². The lowest BCUT2D eigenvalue weighted by Crippen LogP contribution is -1.85. The maximum atomic E-state index is 2.28. The molecule has 0 aromatic rings.